The van der Waals surface area contributed by atoms with E-state index in [2.05, 4.69) is 39.6 Å². The van der Waals surface area contributed by atoms with Gasteiger partial charge in [-0.15, -0.1) is 0 Å². The molecule has 48 heavy (non-hydrogen) atoms. The number of carbonyl (C=O) groups is 2. The van der Waals surface area contributed by atoms with Crippen molar-refractivity contribution >= 4 is 23.6 Å². The molecule has 0 aliphatic carbocycles. The third-order valence-electron chi connectivity index (χ3n) is 8.15. The number of carbonyl (C=O) groups excluding carboxylic acids is 2. The van der Waals surface area contributed by atoms with E-state index in [0.29, 0.717) is 36.7 Å². The Morgan fingerprint density at radius 2 is 1.50 bits per heavy atom. The molecule has 0 radical (unpaired) electrons. The molecule has 2 heterocycles. The van der Waals surface area contributed by atoms with Gasteiger partial charge in [0.25, 0.3) is 0 Å². The van der Waals surface area contributed by atoms with Gasteiger partial charge in [0.2, 0.25) is 11.8 Å². The summed E-state index contributed by atoms with van der Waals surface area (Å²) in [6.45, 7) is 0.421. The molecule has 1 aliphatic heterocycles. The van der Waals surface area contributed by atoms with Crippen molar-refractivity contribution in [3.05, 3.63) is 114 Å². The van der Waals surface area contributed by atoms with Crippen LogP contribution in [0.25, 0.3) is 11.1 Å². The van der Waals surface area contributed by atoms with Gasteiger partial charge in [-0.2, -0.15) is 0 Å². The first-order valence-electron chi connectivity index (χ1n) is 16.3. The lowest BCUT2D eigenvalue weighted by Gasteiger charge is -2.36. The highest BCUT2D eigenvalue weighted by Crippen LogP contribution is 2.40. The lowest BCUT2D eigenvalue weighted by atomic mass is 9.99. The van der Waals surface area contributed by atoms with Gasteiger partial charge in [0, 0.05) is 49.5 Å². The highest BCUT2D eigenvalue weighted by molar-refractivity contribution is 7.99. The maximum absolute atomic E-state index is 12.4. The van der Waals surface area contributed by atoms with Crippen LogP contribution >= 0.6 is 11.8 Å². The van der Waals surface area contributed by atoms with Crippen LogP contribution in [0, 0.1) is 0 Å². The molecule has 3 atom stereocenters. The minimum absolute atomic E-state index is 0.00537. The summed E-state index contributed by atoms with van der Waals surface area (Å²) >= 11 is 1.56. The fourth-order valence-electron chi connectivity index (χ4n) is 5.55. The third kappa shape index (κ3) is 10.7. The number of aliphatic hydroxyl groups excluding tert-OH is 1. The van der Waals surface area contributed by atoms with Crippen LogP contribution in [0.5, 0.6) is 0 Å². The van der Waals surface area contributed by atoms with E-state index in [1.165, 1.54) is 0 Å². The molecule has 252 valence electrons. The number of hydrogen-bond acceptors (Lipinski definition) is 9. The van der Waals surface area contributed by atoms with Gasteiger partial charge < -0.3 is 19.9 Å². The molecule has 3 unspecified atom stereocenters. The summed E-state index contributed by atoms with van der Waals surface area (Å²) in [7, 11) is 0. The van der Waals surface area contributed by atoms with Crippen LogP contribution in [-0.2, 0) is 32.2 Å². The summed E-state index contributed by atoms with van der Waals surface area (Å²) in [6, 6.07) is 25.9. The number of thioether (sulfide) groups is 1. The molecule has 0 spiro atoms. The molecular weight excluding hydrogens is 628 g/mol. The zero-order chi connectivity index (χ0) is 33.6. The van der Waals surface area contributed by atoms with Gasteiger partial charge in [-0.1, -0.05) is 85.3 Å². The van der Waals surface area contributed by atoms with Crippen molar-refractivity contribution in [3.8, 4) is 11.1 Å². The van der Waals surface area contributed by atoms with Gasteiger partial charge in [0.15, 0.2) is 11.4 Å². The van der Waals surface area contributed by atoms with Crippen LogP contribution in [0.2, 0.25) is 0 Å². The monoisotopic (exact) mass is 670 g/mol. The maximum atomic E-state index is 12.4. The van der Waals surface area contributed by atoms with Crippen LogP contribution in [0.4, 0.5) is 0 Å². The van der Waals surface area contributed by atoms with E-state index in [-0.39, 0.29) is 37.0 Å². The first kappa shape index (κ1) is 35.2. The lowest BCUT2D eigenvalue weighted by Crippen LogP contribution is -2.31. The summed E-state index contributed by atoms with van der Waals surface area (Å²) in [5.41, 5.74) is 7.46. The van der Waals surface area contributed by atoms with E-state index < -0.39 is 6.29 Å². The Labute approximate surface area is 285 Å². The van der Waals surface area contributed by atoms with Crippen LogP contribution < -0.4 is 10.8 Å². The topological polar surface area (TPSA) is 143 Å². The minimum atomic E-state index is -0.585. The second-order valence-corrected chi connectivity index (χ2v) is 12.7. The summed E-state index contributed by atoms with van der Waals surface area (Å²) in [5, 5.41) is 21.8. The van der Waals surface area contributed by atoms with Gasteiger partial charge in [-0.25, -0.2) is 15.4 Å². The molecule has 1 saturated heterocycles. The molecule has 4 aromatic rings. The van der Waals surface area contributed by atoms with Gasteiger partial charge in [-0.3, -0.25) is 14.8 Å². The number of hydrogen-bond donors (Lipinski definition) is 4. The predicted octanol–water partition coefficient (Wildman–Crippen LogP) is 6.44. The van der Waals surface area contributed by atoms with Gasteiger partial charge in [0.05, 0.1) is 18.8 Å². The number of amides is 2. The molecule has 0 saturated carbocycles. The van der Waals surface area contributed by atoms with Crippen molar-refractivity contribution in [1.82, 2.24) is 20.8 Å². The number of hydroxylamine groups is 1. The predicted molar refractivity (Wildman–Crippen MR) is 183 cm³/mol. The fraction of sp³-hybridized carbons (Fsp3) is 0.351. The molecule has 10 nitrogen and oxygen atoms in total. The lowest BCUT2D eigenvalue weighted by molar-refractivity contribution is -0.245. The van der Waals surface area contributed by atoms with E-state index >= 15 is 0 Å². The molecule has 1 aliphatic rings. The van der Waals surface area contributed by atoms with Crippen molar-refractivity contribution in [2.24, 2.45) is 0 Å². The quantitative estimate of drug-likeness (QED) is 0.0348. The number of rotatable bonds is 16. The average Bonchev–Trinajstić information content (AvgIpc) is 3.15. The molecule has 3 aromatic carbocycles. The standard InChI is InChI=1S/C37H42N4O6S/c42-24-26-14-16-28(17-15-26)33-22-32(25-48-37-38-18-7-19-39-37)46-36(47-33)31-11-6-10-30(21-31)29-9-5-8-27(20-29)23-40-34(43)12-3-1-2-4-13-35(44)41-45/h5-11,14-21,32-33,36,42,45H,1-4,12-13,22-25H2,(H,40,43)(H,41,44). The summed E-state index contributed by atoms with van der Waals surface area (Å²) in [6.07, 6.45) is 7.09. The molecule has 0 bridgehead atoms. The molecule has 5 rings (SSSR count). The summed E-state index contributed by atoms with van der Waals surface area (Å²) in [4.78, 5) is 32.2. The zero-order valence-electron chi connectivity index (χ0n) is 26.8. The van der Waals surface area contributed by atoms with Gasteiger partial charge in [-0.05, 0) is 58.9 Å². The van der Waals surface area contributed by atoms with Crippen molar-refractivity contribution in [2.45, 2.75) is 81.8 Å². The van der Waals surface area contributed by atoms with Crippen molar-refractivity contribution in [2.75, 3.05) is 5.75 Å². The first-order valence-corrected chi connectivity index (χ1v) is 17.3. The highest BCUT2D eigenvalue weighted by Gasteiger charge is 2.32. The van der Waals surface area contributed by atoms with Crippen molar-refractivity contribution in [1.29, 1.82) is 0 Å². The van der Waals surface area contributed by atoms with E-state index in [1.807, 2.05) is 48.5 Å². The number of ether oxygens (including phenoxy) is 2. The number of benzene rings is 3. The van der Waals surface area contributed by atoms with Crippen LogP contribution in [0.15, 0.2) is 96.4 Å². The van der Waals surface area contributed by atoms with Crippen molar-refractivity contribution in [3.63, 3.8) is 0 Å². The highest BCUT2D eigenvalue weighted by atomic mass is 32.2. The molecule has 11 heteroatoms. The van der Waals surface area contributed by atoms with Crippen LogP contribution in [0.1, 0.15) is 79.6 Å². The average molecular weight is 671 g/mol. The maximum Gasteiger partial charge on any atom is 0.243 e. The molecule has 2 amide bonds. The van der Waals surface area contributed by atoms with E-state index in [4.69, 9.17) is 14.7 Å². The van der Waals surface area contributed by atoms with E-state index in [1.54, 1.807) is 35.7 Å². The van der Waals surface area contributed by atoms with Crippen LogP contribution in [0.3, 0.4) is 0 Å². The Morgan fingerprint density at radius 1 is 0.792 bits per heavy atom. The van der Waals surface area contributed by atoms with Gasteiger partial charge in [0.1, 0.15) is 0 Å². The third-order valence-corrected chi connectivity index (χ3v) is 9.15. The summed E-state index contributed by atoms with van der Waals surface area (Å²) < 4.78 is 13.1. The Morgan fingerprint density at radius 3 is 2.23 bits per heavy atom. The molecule has 4 N–H and O–H groups in total. The fourth-order valence-corrected chi connectivity index (χ4v) is 6.37. The minimum Gasteiger partial charge on any atom is -0.392 e. The molecule has 1 aromatic heterocycles. The largest absolute Gasteiger partial charge is 0.392 e. The molecular formula is C37H42N4O6S. The second kappa shape index (κ2) is 18.4. The van der Waals surface area contributed by atoms with Gasteiger partial charge >= 0.3 is 0 Å². The number of nitrogens with zero attached hydrogens (tertiary/aromatic N) is 2. The number of aromatic nitrogens is 2. The Kier molecular flexibility index (Phi) is 13.5. The Hall–Kier alpha value is -4.13. The number of unbranched alkanes of at least 4 members (excludes halogenated alkanes) is 3. The SMILES string of the molecule is O=C(CCCCCCC(=O)NCc1cccc(-c2cccc(C3OC(CSc4ncccn4)CC(c4ccc(CO)cc4)O3)c2)c1)NO. The smallest absolute Gasteiger partial charge is 0.243 e. The summed E-state index contributed by atoms with van der Waals surface area (Å²) in [5.74, 6) is 0.284. The molecule has 1 fully saturated rings. The first-order chi connectivity index (χ1) is 23.5. The zero-order valence-corrected chi connectivity index (χ0v) is 27.6. The van der Waals surface area contributed by atoms with Crippen molar-refractivity contribution < 1.29 is 29.4 Å². The number of nitrogens with one attached hydrogen (secondary N) is 2. The van der Waals surface area contributed by atoms with E-state index in [0.717, 1.165) is 52.6 Å². The normalized spacial score (nSPS) is 17.5. The number of aliphatic hydroxyl groups is 1. The van der Waals surface area contributed by atoms with E-state index in [9.17, 15) is 14.7 Å². The van der Waals surface area contributed by atoms with Crippen LogP contribution in [-0.4, -0.2) is 44.0 Å². The second-order valence-electron chi connectivity index (χ2n) is 11.7. The Balaban J connectivity index is 1.21. The Bertz CT molecular complexity index is 1610.